The molecule has 0 bridgehead atoms. The SMILES string of the molecule is C[NH+](C)Cc1c[nH]c2cccc(F)c12. The van der Waals surface area contributed by atoms with Crippen LogP contribution in [0.15, 0.2) is 24.4 Å². The molecule has 0 aliphatic carbocycles. The van der Waals surface area contributed by atoms with Crippen LogP contribution < -0.4 is 4.90 Å². The summed E-state index contributed by atoms with van der Waals surface area (Å²) in [5.74, 6) is -0.139. The van der Waals surface area contributed by atoms with E-state index >= 15 is 0 Å². The first-order valence-corrected chi connectivity index (χ1v) is 4.72. The molecule has 0 spiro atoms. The maximum atomic E-state index is 13.5. The largest absolute Gasteiger partial charge is 0.361 e. The lowest BCUT2D eigenvalue weighted by molar-refractivity contribution is -0.872. The molecule has 0 amide bonds. The van der Waals surface area contributed by atoms with Gasteiger partial charge in [0, 0.05) is 22.7 Å². The smallest absolute Gasteiger partial charge is 0.133 e. The summed E-state index contributed by atoms with van der Waals surface area (Å²) < 4.78 is 13.5. The van der Waals surface area contributed by atoms with Crippen LogP contribution in [0.1, 0.15) is 5.56 Å². The second kappa shape index (κ2) is 3.42. The number of halogens is 1. The van der Waals surface area contributed by atoms with Gasteiger partial charge in [-0.3, -0.25) is 0 Å². The molecule has 2 N–H and O–H groups in total. The van der Waals surface area contributed by atoms with Crippen molar-refractivity contribution in [3.05, 3.63) is 35.8 Å². The van der Waals surface area contributed by atoms with Crippen molar-refractivity contribution in [3.8, 4) is 0 Å². The first-order valence-electron chi connectivity index (χ1n) is 4.72. The Labute approximate surface area is 82.3 Å². The Morgan fingerprint density at radius 1 is 1.36 bits per heavy atom. The molecule has 0 radical (unpaired) electrons. The Kier molecular flexibility index (Phi) is 2.25. The summed E-state index contributed by atoms with van der Waals surface area (Å²) in [5.41, 5.74) is 1.92. The molecule has 0 fully saturated rings. The molecular weight excluding hydrogens is 179 g/mol. The average molecular weight is 193 g/mol. The Morgan fingerprint density at radius 3 is 2.86 bits per heavy atom. The van der Waals surface area contributed by atoms with E-state index in [2.05, 4.69) is 19.1 Å². The summed E-state index contributed by atoms with van der Waals surface area (Å²) in [6, 6.07) is 5.12. The van der Waals surface area contributed by atoms with Gasteiger partial charge in [0.25, 0.3) is 0 Å². The van der Waals surface area contributed by atoms with Gasteiger partial charge in [0.15, 0.2) is 0 Å². The predicted molar refractivity (Wildman–Crippen MR) is 54.8 cm³/mol. The lowest BCUT2D eigenvalue weighted by Gasteiger charge is -2.05. The van der Waals surface area contributed by atoms with E-state index < -0.39 is 0 Å². The van der Waals surface area contributed by atoms with E-state index in [1.807, 2.05) is 12.3 Å². The summed E-state index contributed by atoms with van der Waals surface area (Å²) >= 11 is 0. The van der Waals surface area contributed by atoms with Gasteiger partial charge in [-0.15, -0.1) is 0 Å². The fourth-order valence-electron chi connectivity index (χ4n) is 1.73. The Hall–Kier alpha value is -1.35. The van der Waals surface area contributed by atoms with Crippen LogP contribution in [0.2, 0.25) is 0 Å². The lowest BCUT2D eigenvalue weighted by Crippen LogP contribution is -3.04. The van der Waals surface area contributed by atoms with Crippen molar-refractivity contribution < 1.29 is 9.29 Å². The van der Waals surface area contributed by atoms with Crippen LogP contribution in [0.4, 0.5) is 4.39 Å². The van der Waals surface area contributed by atoms with Crippen molar-refractivity contribution in [1.82, 2.24) is 4.98 Å². The fourth-order valence-corrected chi connectivity index (χ4v) is 1.73. The zero-order valence-electron chi connectivity index (χ0n) is 8.39. The number of rotatable bonds is 2. The molecule has 0 atom stereocenters. The molecule has 0 aliphatic rings. The molecule has 0 saturated heterocycles. The highest BCUT2D eigenvalue weighted by atomic mass is 19.1. The number of aromatic amines is 1. The molecule has 0 unspecified atom stereocenters. The van der Waals surface area contributed by atoms with E-state index in [-0.39, 0.29) is 5.82 Å². The highest BCUT2D eigenvalue weighted by Crippen LogP contribution is 2.20. The molecule has 1 aromatic carbocycles. The Morgan fingerprint density at radius 2 is 2.14 bits per heavy atom. The van der Waals surface area contributed by atoms with E-state index in [4.69, 9.17) is 0 Å². The van der Waals surface area contributed by atoms with Gasteiger partial charge in [-0.05, 0) is 12.1 Å². The minimum atomic E-state index is -0.139. The standard InChI is InChI=1S/C11H13FN2/c1-14(2)7-8-6-13-10-5-3-4-9(12)11(8)10/h3-6,13H,7H2,1-2H3/p+1. The average Bonchev–Trinajstić information content (AvgIpc) is 2.49. The molecule has 2 rings (SSSR count). The third kappa shape index (κ3) is 1.51. The molecule has 1 heterocycles. The van der Waals surface area contributed by atoms with Crippen LogP contribution in [0.3, 0.4) is 0 Å². The maximum Gasteiger partial charge on any atom is 0.133 e. The van der Waals surface area contributed by atoms with Crippen molar-refractivity contribution in [2.24, 2.45) is 0 Å². The molecule has 14 heavy (non-hydrogen) atoms. The summed E-state index contributed by atoms with van der Waals surface area (Å²) in [5, 5.41) is 0.730. The van der Waals surface area contributed by atoms with E-state index in [1.54, 1.807) is 6.07 Å². The van der Waals surface area contributed by atoms with Gasteiger partial charge in [-0.1, -0.05) is 6.07 Å². The molecule has 0 saturated carbocycles. The number of H-pyrrole nitrogens is 1. The van der Waals surface area contributed by atoms with Gasteiger partial charge in [-0.2, -0.15) is 0 Å². The number of aromatic nitrogens is 1. The van der Waals surface area contributed by atoms with E-state index in [0.29, 0.717) is 0 Å². The van der Waals surface area contributed by atoms with Crippen LogP contribution in [0.5, 0.6) is 0 Å². The van der Waals surface area contributed by atoms with E-state index in [0.717, 1.165) is 23.0 Å². The molecule has 3 heteroatoms. The highest BCUT2D eigenvalue weighted by molar-refractivity contribution is 5.83. The third-order valence-corrected chi connectivity index (χ3v) is 2.28. The van der Waals surface area contributed by atoms with Crippen molar-refractivity contribution >= 4 is 10.9 Å². The topological polar surface area (TPSA) is 20.2 Å². The van der Waals surface area contributed by atoms with Gasteiger partial charge in [0.05, 0.1) is 14.1 Å². The number of hydrogen-bond acceptors (Lipinski definition) is 0. The highest BCUT2D eigenvalue weighted by Gasteiger charge is 2.09. The predicted octanol–water partition coefficient (Wildman–Crippen LogP) is 0.952. The minimum Gasteiger partial charge on any atom is -0.361 e. The summed E-state index contributed by atoms with van der Waals surface area (Å²) in [4.78, 5) is 4.37. The molecule has 1 aromatic heterocycles. The van der Waals surface area contributed by atoms with Gasteiger partial charge < -0.3 is 9.88 Å². The summed E-state index contributed by atoms with van der Waals surface area (Å²) in [6.07, 6.45) is 1.89. The maximum absolute atomic E-state index is 13.5. The summed E-state index contributed by atoms with van der Waals surface area (Å²) in [7, 11) is 4.11. The first kappa shape index (κ1) is 9.21. The van der Waals surface area contributed by atoms with Crippen LogP contribution in [-0.2, 0) is 6.54 Å². The van der Waals surface area contributed by atoms with Crippen molar-refractivity contribution in [2.45, 2.75) is 6.54 Å². The fraction of sp³-hybridized carbons (Fsp3) is 0.273. The number of nitrogens with one attached hydrogen (secondary N) is 2. The molecule has 74 valence electrons. The van der Waals surface area contributed by atoms with Crippen LogP contribution >= 0.6 is 0 Å². The number of fused-ring (bicyclic) bond motifs is 1. The summed E-state index contributed by atoms with van der Waals surface area (Å²) in [6.45, 7) is 0.834. The van der Waals surface area contributed by atoms with Gasteiger partial charge in [0.1, 0.15) is 12.4 Å². The molecule has 0 aliphatic heterocycles. The number of benzene rings is 1. The monoisotopic (exact) mass is 193 g/mol. The lowest BCUT2D eigenvalue weighted by atomic mass is 10.1. The van der Waals surface area contributed by atoms with Crippen LogP contribution in [0, 0.1) is 5.82 Å². The molecule has 2 aromatic rings. The zero-order chi connectivity index (χ0) is 10.1. The second-order valence-corrected chi connectivity index (χ2v) is 3.86. The van der Waals surface area contributed by atoms with E-state index in [9.17, 15) is 4.39 Å². The Balaban J connectivity index is 2.55. The zero-order valence-corrected chi connectivity index (χ0v) is 8.39. The van der Waals surface area contributed by atoms with Crippen molar-refractivity contribution in [1.29, 1.82) is 0 Å². The van der Waals surface area contributed by atoms with Gasteiger partial charge in [-0.25, -0.2) is 4.39 Å². The quantitative estimate of drug-likeness (QED) is 0.708. The van der Waals surface area contributed by atoms with Crippen molar-refractivity contribution in [2.75, 3.05) is 14.1 Å². The molecular formula is C11H14FN2+. The van der Waals surface area contributed by atoms with Crippen LogP contribution in [-0.4, -0.2) is 19.1 Å². The van der Waals surface area contributed by atoms with Gasteiger partial charge in [0.2, 0.25) is 0 Å². The normalized spacial score (nSPS) is 11.4. The van der Waals surface area contributed by atoms with E-state index in [1.165, 1.54) is 11.0 Å². The number of hydrogen-bond donors (Lipinski definition) is 2. The Bertz CT molecular complexity index is 445. The van der Waals surface area contributed by atoms with Gasteiger partial charge >= 0.3 is 0 Å². The third-order valence-electron chi connectivity index (χ3n) is 2.28. The van der Waals surface area contributed by atoms with Crippen molar-refractivity contribution in [3.63, 3.8) is 0 Å². The van der Waals surface area contributed by atoms with Crippen LogP contribution in [0.25, 0.3) is 10.9 Å². The minimum absolute atomic E-state index is 0.139. The second-order valence-electron chi connectivity index (χ2n) is 3.86. The molecule has 2 nitrogen and oxygen atoms in total. The first-order chi connectivity index (χ1) is 6.68. The number of quaternary nitrogens is 1.